The van der Waals surface area contributed by atoms with E-state index in [1.165, 1.54) is 6.07 Å². The molecule has 3 amide bonds. The van der Waals surface area contributed by atoms with E-state index in [2.05, 4.69) is 15.6 Å². The molecule has 2 aromatic rings. The lowest BCUT2D eigenvalue weighted by Gasteiger charge is -2.37. The van der Waals surface area contributed by atoms with Gasteiger partial charge in [0.15, 0.2) is 0 Å². The summed E-state index contributed by atoms with van der Waals surface area (Å²) in [5.74, 6) is -0.708. The third kappa shape index (κ3) is 5.31. The van der Waals surface area contributed by atoms with Crippen molar-refractivity contribution in [2.75, 3.05) is 19.6 Å². The van der Waals surface area contributed by atoms with Crippen LogP contribution in [0.4, 0.5) is 9.18 Å². The second-order valence-electron chi connectivity index (χ2n) is 7.46. The van der Waals surface area contributed by atoms with Gasteiger partial charge in [-0.05, 0) is 49.1 Å². The van der Waals surface area contributed by atoms with Crippen LogP contribution in [-0.4, -0.2) is 41.5 Å². The highest BCUT2D eigenvalue weighted by molar-refractivity contribution is 5.81. The van der Waals surface area contributed by atoms with E-state index in [4.69, 9.17) is 0 Å². The predicted octanol–water partition coefficient (Wildman–Crippen LogP) is 2.98. The topological polar surface area (TPSA) is 74.3 Å². The Balaban J connectivity index is 1.74. The molecule has 154 valence electrons. The first-order valence-electron chi connectivity index (χ1n) is 9.93. The third-order valence-corrected chi connectivity index (χ3v) is 5.28. The van der Waals surface area contributed by atoms with Crippen molar-refractivity contribution in [1.29, 1.82) is 0 Å². The van der Waals surface area contributed by atoms with Crippen LogP contribution >= 0.6 is 0 Å². The number of likely N-dealkylation sites (tertiary alicyclic amines) is 1. The van der Waals surface area contributed by atoms with E-state index in [9.17, 15) is 14.0 Å². The number of carbonyl (C=O) groups excluding carboxylic acids is 2. The molecule has 0 spiro atoms. The van der Waals surface area contributed by atoms with Gasteiger partial charge in [0.25, 0.3) is 0 Å². The van der Waals surface area contributed by atoms with Gasteiger partial charge in [-0.1, -0.05) is 18.2 Å². The average molecular weight is 398 g/mol. The lowest BCUT2D eigenvalue weighted by Crippen LogP contribution is -2.51. The van der Waals surface area contributed by atoms with Gasteiger partial charge < -0.3 is 15.5 Å². The maximum atomic E-state index is 13.7. The number of benzene rings is 1. The summed E-state index contributed by atoms with van der Waals surface area (Å²) in [6, 6.07) is 8.56. The van der Waals surface area contributed by atoms with Crippen LogP contribution in [0.2, 0.25) is 0 Å². The Labute approximate surface area is 170 Å². The summed E-state index contributed by atoms with van der Waals surface area (Å²) < 4.78 is 13.7. The van der Waals surface area contributed by atoms with Crippen LogP contribution in [-0.2, 0) is 11.3 Å². The summed E-state index contributed by atoms with van der Waals surface area (Å²) in [5, 5.41) is 5.77. The summed E-state index contributed by atoms with van der Waals surface area (Å²) in [6.45, 7) is 5.37. The highest BCUT2D eigenvalue weighted by atomic mass is 19.1. The molecule has 0 radical (unpaired) electrons. The molecule has 3 rings (SSSR count). The smallest absolute Gasteiger partial charge is 0.317 e. The third-order valence-electron chi connectivity index (χ3n) is 5.28. The molecule has 1 aliphatic rings. The molecule has 0 aliphatic carbocycles. The number of carbonyl (C=O) groups is 2. The lowest BCUT2D eigenvalue weighted by molar-refractivity contribution is -0.126. The molecule has 29 heavy (non-hydrogen) atoms. The maximum absolute atomic E-state index is 13.7. The number of pyridine rings is 1. The van der Waals surface area contributed by atoms with Crippen LogP contribution in [0.5, 0.6) is 0 Å². The molecule has 1 aromatic heterocycles. The fraction of sp³-hybridized carbons (Fsp3) is 0.409. The van der Waals surface area contributed by atoms with E-state index in [-0.39, 0.29) is 29.6 Å². The van der Waals surface area contributed by atoms with Crippen molar-refractivity contribution in [3.63, 3.8) is 0 Å². The monoisotopic (exact) mass is 398 g/mol. The van der Waals surface area contributed by atoms with Gasteiger partial charge in [-0.3, -0.25) is 9.78 Å². The fourth-order valence-electron chi connectivity index (χ4n) is 3.72. The summed E-state index contributed by atoms with van der Waals surface area (Å²) >= 11 is 0. The number of nitrogens with one attached hydrogen (secondary N) is 2. The minimum atomic E-state index is -0.335. The van der Waals surface area contributed by atoms with E-state index in [1.54, 1.807) is 30.3 Å². The Morgan fingerprint density at radius 3 is 2.76 bits per heavy atom. The number of aromatic nitrogens is 1. The van der Waals surface area contributed by atoms with Crippen LogP contribution in [0.15, 0.2) is 42.7 Å². The first-order valence-corrected chi connectivity index (χ1v) is 9.93. The van der Waals surface area contributed by atoms with Crippen molar-refractivity contribution in [2.24, 2.45) is 5.92 Å². The molecule has 0 bridgehead atoms. The lowest BCUT2D eigenvalue weighted by atomic mass is 9.83. The number of urea groups is 1. The van der Waals surface area contributed by atoms with Crippen molar-refractivity contribution in [3.8, 4) is 0 Å². The molecule has 2 atom stereocenters. The van der Waals surface area contributed by atoms with Crippen molar-refractivity contribution in [2.45, 2.75) is 32.7 Å². The van der Waals surface area contributed by atoms with E-state index < -0.39 is 0 Å². The number of amides is 3. The average Bonchev–Trinajstić information content (AvgIpc) is 2.74. The van der Waals surface area contributed by atoms with E-state index in [0.29, 0.717) is 38.2 Å². The normalized spacial score (nSPS) is 18.9. The molecule has 2 N–H and O–H groups in total. The van der Waals surface area contributed by atoms with Gasteiger partial charge in [-0.25, -0.2) is 9.18 Å². The Hall–Kier alpha value is -2.96. The van der Waals surface area contributed by atoms with Gasteiger partial charge in [0, 0.05) is 44.5 Å². The number of halogens is 1. The SMILES string of the molecule is CCNC(=O)N1CC(C(=O)NCc2cccnc2)CC(c2ccc(F)c(C)c2)C1. The maximum Gasteiger partial charge on any atom is 0.317 e. The van der Waals surface area contributed by atoms with Crippen LogP contribution in [0.3, 0.4) is 0 Å². The molecule has 1 aliphatic heterocycles. The van der Waals surface area contributed by atoms with Crippen molar-refractivity contribution >= 4 is 11.9 Å². The summed E-state index contributed by atoms with van der Waals surface area (Å²) in [6.07, 6.45) is 4.01. The van der Waals surface area contributed by atoms with Crippen molar-refractivity contribution in [1.82, 2.24) is 20.5 Å². The van der Waals surface area contributed by atoms with Gasteiger partial charge in [0.1, 0.15) is 5.82 Å². The van der Waals surface area contributed by atoms with E-state index >= 15 is 0 Å². The van der Waals surface area contributed by atoms with Gasteiger partial charge >= 0.3 is 6.03 Å². The number of hydrogen-bond acceptors (Lipinski definition) is 3. The quantitative estimate of drug-likeness (QED) is 0.813. The molecule has 2 unspecified atom stereocenters. The van der Waals surface area contributed by atoms with Crippen molar-refractivity contribution < 1.29 is 14.0 Å². The second kappa shape index (κ2) is 9.49. The molecule has 1 aromatic carbocycles. The molecule has 0 saturated carbocycles. The minimum Gasteiger partial charge on any atom is -0.352 e. The first kappa shape index (κ1) is 20.8. The Bertz CT molecular complexity index is 859. The minimum absolute atomic E-state index is 0.0280. The summed E-state index contributed by atoms with van der Waals surface area (Å²) in [5.41, 5.74) is 2.43. The second-order valence-corrected chi connectivity index (χ2v) is 7.46. The van der Waals surface area contributed by atoms with Crippen LogP contribution in [0.1, 0.15) is 36.0 Å². The number of piperidine rings is 1. The van der Waals surface area contributed by atoms with Crippen molar-refractivity contribution in [3.05, 3.63) is 65.2 Å². The number of aryl methyl sites for hydroxylation is 1. The first-order chi connectivity index (χ1) is 14.0. The van der Waals surface area contributed by atoms with E-state index in [0.717, 1.165) is 11.1 Å². The Kier molecular flexibility index (Phi) is 6.80. The van der Waals surface area contributed by atoms with Gasteiger partial charge in [-0.15, -0.1) is 0 Å². The zero-order chi connectivity index (χ0) is 20.8. The standard InChI is InChI=1S/C22H27FN4O2/c1-3-25-22(29)27-13-18(17-6-7-20(23)15(2)9-17)10-19(14-27)21(28)26-12-16-5-4-8-24-11-16/h4-9,11,18-19H,3,10,12-14H2,1-2H3,(H,25,29)(H,26,28). The molecule has 2 heterocycles. The molecule has 7 heteroatoms. The molecule has 6 nitrogen and oxygen atoms in total. The molecular weight excluding hydrogens is 371 g/mol. The van der Waals surface area contributed by atoms with Gasteiger partial charge in [0.2, 0.25) is 5.91 Å². The fourth-order valence-corrected chi connectivity index (χ4v) is 3.72. The number of nitrogens with zero attached hydrogens (tertiary/aromatic N) is 2. The van der Waals surface area contributed by atoms with E-state index in [1.807, 2.05) is 25.1 Å². The van der Waals surface area contributed by atoms with Crippen LogP contribution in [0.25, 0.3) is 0 Å². The summed E-state index contributed by atoms with van der Waals surface area (Å²) in [4.78, 5) is 31.0. The van der Waals surface area contributed by atoms with Crippen LogP contribution < -0.4 is 10.6 Å². The Morgan fingerprint density at radius 2 is 2.07 bits per heavy atom. The number of hydrogen-bond donors (Lipinski definition) is 2. The predicted molar refractivity (Wildman–Crippen MR) is 109 cm³/mol. The molecular formula is C22H27FN4O2. The van der Waals surface area contributed by atoms with Gasteiger partial charge in [0.05, 0.1) is 5.92 Å². The zero-order valence-corrected chi connectivity index (χ0v) is 16.8. The summed E-state index contributed by atoms with van der Waals surface area (Å²) in [7, 11) is 0. The zero-order valence-electron chi connectivity index (χ0n) is 16.8. The van der Waals surface area contributed by atoms with Gasteiger partial charge in [-0.2, -0.15) is 0 Å². The molecule has 1 saturated heterocycles. The number of rotatable bonds is 5. The molecule has 1 fully saturated rings. The highest BCUT2D eigenvalue weighted by Crippen LogP contribution is 2.31. The van der Waals surface area contributed by atoms with Crippen LogP contribution in [0, 0.1) is 18.7 Å². The Morgan fingerprint density at radius 1 is 1.24 bits per heavy atom. The largest absolute Gasteiger partial charge is 0.352 e. The highest BCUT2D eigenvalue weighted by Gasteiger charge is 2.34.